The largest absolute Gasteiger partial charge is 0.346 e. The Hall–Kier alpha value is -1.46. The minimum Gasteiger partial charge on any atom is -0.346 e. The zero-order valence-electron chi connectivity index (χ0n) is 10.8. The smallest absolute Gasteiger partial charge is 0.205 e. The summed E-state index contributed by atoms with van der Waals surface area (Å²) in [5.41, 5.74) is 7.99. The van der Waals surface area contributed by atoms with E-state index in [-0.39, 0.29) is 0 Å². The van der Waals surface area contributed by atoms with Gasteiger partial charge in [0.05, 0.1) is 0 Å². The van der Waals surface area contributed by atoms with E-state index < -0.39 is 0 Å². The molecule has 0 bridgehead atoms. The van der Waals surface area contributed by atoms with Crippen LogP contribution in [-0.2, 0) is 19.5 Å². The number of aryl methyl sites for hydroxylation is 1. The van der Waals surface area contributed by atoms with Gasteiger partial charge in [-0.1, -0.05) is 31.2 Å². The van der Waals surface area contributed by atoms with E-state index in [1.807, 2.05) is 7.05 Å². The minimum absolute atomic E-state index is 0.590. The molecule has 2 N–H and O–H groups in total. The predicted octanol–water partition coefficient (Wildman–Crippen LogP) is 2.20. The molecule has 0 fully saturated rings. The monoisotopic (exact) mass is 262 g/mol. The van der Waals surface area contributed by atoms with Crippen molar-refractivity contribution in [2.45, 2.75) is 26.4 Å². The highest BCUT2D eigenvalue weighted by Gasteiger charge is 2.08. The van der Waals surface area contributed by atoms with Crippen LogP contribution < -0.4 is 10.6 Å². The number of benzene rings is 1. The fourth-order valence-electron chi connectivity index (χ4n) is 1.67. The summed E-state index contributed by atoms with van der Waals surface area (Å²) in [5.74, 6) is 0.917. The number of nitrogens with two attached hydrogens (primary N) is 1. The van der Waals surface area contributed by atoms with Crippen molar-refractivity contribution in [3.8, 4) is 0 Å². The van der Waals surface area contributed by atoms with Gasteiger partial charge in [-0.2, -0.15) is 4.37 Å². The van der Waals surface area contributed by atoms with Gasteiger partial charge in [0.25, 0.3) is 0 Å². The molecule has 0 saturated heterocycles. The molecule has 1 heterocycles. The van der Waals surface area contributed by atoms with Gasteiger partial charge < -0.3 is 10.6 Å². The molecule has 2 aromatic rings. The van der Waals surface area contributed by atoms with Gasteiger partial charge in [0.2, 0.25) is 5.13 Å². The highest BCUT2D eigenvalue weighted by Crippen LogP contribution is 2.18. The summed E-state index contributed by atoms with van der Waals surface area (Å²) in [6.07, 6.45) is 0.884. The lowest BCUT2D eigenvalue weighted by Crippen LogP contribution is -2.16. The van der Waals surface area contributed by atoms with Crippen LogP contribution in [0.25, 0.3) is 0 Å². The molecule has 96 valence electrons. The summed E-state index contributed by atoms with van der Waals surface area (Å²) in [4.78, 5) is 6.59. The van der Waals surface area contributed by atoms with Crippen molar-refractivity contribution in [3.63, 3.8) is 0 Å². The molecule has 1 aromatic carbocycles. The first-order chi connectivity index (χ1) is 8.72. The van der Waals surface area contributed by atoms with Crippen molar-refractivity contribution in [1.29, 1.82) is 0 Å². The summed E-state index contributed by atoms with van der Waals surface area (Å²) in [5, 5.41) is 0.967. The Balaban J connectivity index is 2.03. The average molecular weight is 262 g/mol. The van der Waals surface area contributed by atoms with E-state index in [0.717, 1.165) is 29.5 Å². The molecule has 0 spiro atoms. The van der Waals surface area contributed by atoms with Gasteiger partial charge >= 0.3 is 0 Å². The fourth-order valence-corrected chi connectivity index (χ4v) is 2.37. The van der Waals surface area contributed by atoms with Crippen molar-refractivity contribution in [2.75, 3.05) is 11.9 Å². The van der Waals surface area contributed by atoms with Crippen LogP contribution in [0.5, 0.6) is 0 Å². The summed E-state index contributed by atoms with van der Waals surface area (Å²) < 4.78 is 4.30. The SMILES string of the molecule is CCc1nsc(N(C)Cc2ccc(CN)cc2)n1. The first-order valence-corrected chi connectivity index (χ1v) is 6.82. The van der Waals surface area contributed by atoms with Crippen molar-refractivity contribution >= 4 is 16.7 Å². The van der Waals surface area contributed by atoms with Gasteiger partial charge in [-0.05, 0) is 11.1 Å². The number of rotatable bonds is 5. The van der Waals surface area contributed by atoms with Gasteiger partial charge in [-0.3, -0.25) is 0 Å². The van der Waals surface area contributed by atoms with Gasteiger partial charge in [0, 0.05) is 38.1 Å². The Kier molecular flexibility index (Phi) is 4.28. The molecule has 0 atom stereocenters. The summed E-state index contributed by atoms with van der Waals surface area (Å²) >= 11 is 1.45. The lowest BCUT2D eigenvalue weighted by Gasteiger charge is -2.15. The molecule has 0 aliphatic rings. The maximum Gasteiger partial charge on any atom is 0.205 e. The maximum atomic E-state index is 5.58. The van der Waals surface area contributed by atoms with Gasteiger partial charge in [0.1, 0.15) is 5.82 Å². The zero-order valence-corrected chi connectivity index (χ0v) is 11.6. The van der Waals surface area contributed by atoms with Crippen molar-refractivity contribution in [3.05, 3.63) is 41.2 Å². The first-order valence-electron chi connectivity index (χ1n) is 6.04. The molecule has 4 nitrogen and oxygen atoms in total. The number of hydrogen-bond donors (Lipinski definition) is 1. The van der Waals surface area contributed by atoms with Crippen LogP contribution in [0.1, 0.15) is 23.9 Å². The molecule has 2 rings (SSSR count). The predicted molar refractivity (Wildman–Crippen MR) is 75.7 cm³/mol. The molecule has 5 heteroatoms. The Morgan fingerprint density at radius 3 is 2.44 bits per heavy atom. The lowest BCUT2D eigenvalue weighted by molar-refractivity contribution is 0.896. The molecule has 0 unspecified atom stereocenters. The number of aromatic nitrogens is 2. The molecule has 0 saturated carbocycles. The third-order valence-electron chi connectivity index (χ3n) is 2.78. The second-order valence-corrected chi connectivity index (χ2v) is 4.95. The normalized spacial score (nSPS) is 10.6. The Morgan fingerprint density at radius 2 is 1.89 bits per heavy atom. The minimum atomic E-state index is 0.590. The molecule has 1 aromatic heterocycles. The van der Waals surface area contributed by atoms with E-state index in [9.17, 15) is 0 Å². The van der Waals surface area contributed by atoms with Crippen molar-refractivity contribution < 1.29 is 0 Å². The molecule has 0 aliphatic heterocycles. The zero-order chi connectivity index (χ0) is 13.0. The van der Waals surface area contributed by atoms with E-state index in [0.29, 0.717) is 6.54 Å². The van der Waals surface area contributed by atoms with E-state index in [4.69, 9.17) is 5.73 Å². The molecule has 0 amide bonds. The standard InChI is InChI=1S/C13H18N4S/c1-3-12-15-13(18-16-12)17(2)9-11-6-4-10(8-14)5-7-11/h4-7H,3,8-9,14H2,1-2H3. The number of nitrogens with zero attached hydrogens (tertiary/aromatic N) is 3. The van der Waals surface area contributed by atoms with Crippen LogP contribution in [0.4, 0.5) is 5.13 Å². The Morgan fingerprint density at radius 1 is 1.22 bits per heavy atom. The number of hydrogen-bond acceptors (Lipinski definition) is 5. The third-order valence-corrected chi connectivity index (χ3v) is 3.65. The van der Waals surface area contributed by atoms with Crippen LogP contribution in [-0.4, -0.2) is 16.4 Å². The van der Waals surface area contributed by atoms with Gasteiger partial charge in [-0.15, -0.1) is 0 Å². The Labute approximate surface area is 112 Å². The van der Waals surface area contributed by atoms with Crippen molar-refractivity contribution in [1.82, 2.24) is 9.36 Å². The lowest BCUT2D eigenvalue weighted by atomic mass is 10.1. The van der Waals surface area contributed by atoms with Crippen LogP contribution >= 0.6 is 11.5 Å². The molecular formula is C13H18N4S. The van der Waals surface area contributed by atoms with Crippen LogP contribution in [0.15, 0.2) is 24.3 Å². The van der Waals surface area contributed by atoms with E-state index in [1.54, 1.807) is 0 Å². The van der Waals surface area contributed by atoms with Crippen LogP contribution in [0.2, 0.25) is 0 Å². The van der Waals surface area contributed by atoms with Crippen molar-refractivity contribution in [2.24, 2.45) is 5.73 Å². The second kappa shape index (κ2) is 5.93. The summed E-state index contributed by atoms with van der Waals surface area (Å²) in [6.45, 7) is 3.49. The molecule has 0 aliphatic carbocycles. The molecule has 0 radical (unpaired) electrons. The highest BCUT2D eigenvalue weighted by atomic mass is 32.1. The van der Waals surface area contributed by atoms with Gasteiger partial charge in [0.15, 0.2) is 0 Å². The van der Waals surface area contributed by atoms with E-state index in [1.165, 1.54) is 17.1 Å². The van der Waals surface area contributed by atoms with Crippen LogP contribution in [0, 0.1) is 0 Å². The van der Waals surface area contributed by atoms with Gasteiger partial charge in [-0.25, -0.2) is 4.98 Å². The summed E-state index contributed by atoms with van der Waals surface area (Å²) in [7, 11) is 2.04. The third kappa shape index (κ3) is 3.05. The van der Waals surface area contributed by atoms with E-state index >= 15 is 0 Å². The maximum absolute atomic E-state index is 5.58. The second-order valence-electron chi connectivity index (χ2n) is 4.22. The topological polar surface area (TPSA) is 55.0 Å². The highest BCUT2D eigenvalue weighted by molar-refractivity contribution is 7.09. The molecular weight excluding hydrogens is 244 g/mol. The first kappa shape index (κ1) is 13.0. The average Bonchev–Trinajstić information content (AvgIpc) is 2.88. The molecule has 18 heavy (non-hydrogen) atoms. The number of anilines is 1. The van der Waals surface area contributed by atoms with Crippen LogP contribution in [0.3, 0.4) is 0 Å². The Bertz CT molecular complexity index is 492. The fraction of sp³-hybridized carbons (Fsp3) is 0.385. The quantitative estimate of drug-likeness (QED) is 0.897. The summed E-state index contributed by atoms with van der Waals surface area (Å²) in [6, 6.07) is 8.36. The van der Waals surface area contributed by atoms with E-state index in [2.05, 4.69) is 45.4 Å².